The van der Waals surface area contributed by atoms with Gasteiger partial charge in [-0.3, -0.25) is 14.1 Å². The molecule has 0 unspecified atom stereocenters. The molecule has 1 saturated carbocycles. The number of nitrogens with zero attached hydrogens (tertiary/aromatic N) is 5. The van der Waals surface area contributed by atoms with E-state index in [-0.39, 0.29) is 5.91 Å². The second kappa shape index (κ2) is 6.99. The van der Waals surface area contributed by atoms with Crippen molar-refractivity contribution < 1.29 is 4.79 Å². The highest BCUT2D eigenvalue weighted by Crippen LogP contribution is 2.32. The van der Waals surface area contributed by atoms with Crippen LogP contribution in [0.25, 0.3) is 5.78 Å². The van der Waals surface area contributed by atoms with Crippen LogP contribution >= 0.6 is 0 Å². The molecule has 26 heavy (non-hydrogen) atoms. The molecule has 0 aromatic carbocycles. The third-order valence-electron chi connectivity index (χ3n) is 5.78. The standard InChI is InChI=1S/C20H29N5O/c1-14(2)17-13-24(10-5-9-23(17)12-16-6-7-16)19(26)18-15(3)22-20-21-8-4-11-25(18)20/h4,8,11,14,16-17H,5-7,9-10,12-13H2,1-3H3/t17-/m0/s1. The van der Waals surface area contributed by atoms with Crippen molar-refractivity contribution in [2.45, 2.75) is 46.1 Å². The fraction of sp³-hybridized carbons (Fsp3) is 0.650. The van der Waals surface area contributed by atoms with Gasteiger partial charge in [-0.15, -0.1) is 0 Å². The van der Waals surface area contributed by atoms with E-state index >= 15 is 0 Å². The summed E-state index contributed by atoms with van der Waals surface area (Å²) >= 11 is 0. The average Bonchev–Trinajstić information content (AvgIpc) is 3.39. The van der Waals surface area contributed by atoms with Crippen LogP contribution in [0, 0.1) is 18.8 Å². The molecule has 0 spiro atoms. The molecule has 1 atom stereocenters. The summed E-state index contributed by atoms with van der Waals surface area (Å²) in [5.41, 5.74) is 1.42. The summed E-state index contributed by atoms with van der Waals surface area (Å²) in [6.45, 7) is 10.4. The number of amides is 1. The lowest BCUT2D eigenvalue weighted by molar-refractivity contribution is 0.0697. The first-order valence-electron chi connectivity index (χ1n) is 9.87. The topological polar surface area (TPSA) is 53.7 Å². The number of carbonyl (C=O) groups excluding carboxylic acids is 1. The Balaban J connectivity index is 1.59. The second-order valence-corrected chi connectivity index (χ2v) is 8.19. The zero-order chi connectivity index (χ0) is 18.3. The van der Waals surface area contributed by atoms with Crippen LogP contribution < -0.4 is 0 Å². The highest BCUT2D eigenvalue weighted by atomic mass is 16.2. The molecule has 1 aliphatic carbocycles. The SMILES string of the molecule is Cc1nc2ncccn2c1C(=O)N1CCCN(CC2CC2)[C@H](C(C)C)C1. The lowest BCUT2D eigenvalue weighted by Gasteiger charge is -2.34. The maximum atomic E-state index is 13.4. The van der Waals surface area contributed by atoms with Gasteiger partial charge in [0.2, 0.25) is 5.78 Å². The van der Waals surface area contributed by atoms with Gasteiger partial charge in [-0.25, -0.2) is 9.97 Å². The maximum absolute atomic E-state index is 13.4. The molecule has 2 aliphatic rings. The molecule has 1 amide bonds. The quantitative estimate of drug-likeness (QED) is 0.846. The van der Waals surface area contributed by atoms with Gasteiger partial charge < -0.3 is 4.90 Å². The summed E-state index contributed by atoms with van der Waals surface area (Å²) < 4.78 is 1.83. The highest BCUT2D eigenvalue weighted by Gasteiger charge is 2.34. The molecule has 2 aromatic rings. The van der Waals surface area contributed by atoms with Crippen LogP contribution in [0.15, 0.2) is 18.5 Å². The van der Waals surface area contributed by atoms with Gasteiger partial charge in [-0.2, -0.15) is 0 Å². The second-order valence-electron chi connectivity index (χ2n) is 8.19. The van der Waals surface area contributed by atoms with E-state index in [4.69, 9.17) is 0 Å². The van der Waals surface area contributed by atoms with Crippen molar-refractivity contribution in [3.8, 4) is 0 Å². The summed E-state index contributed by atoms with van der Waals surface area (Å²) in [5, 5.41) is 0. The Morgan fingerprint density at radius 1 is 1.31 bits per heavy atom. The number of rotatable bonds is 4. The van der Waals surface area contributed by atoms with Crippen molar-refractivity contribution >= 4 is 11.7 Å². The van der Waals surface area contributed by atoms with Gasteiger partial charge in [0.1, 0.15) is 5.69 Å². The van der Waals surface area contributed by atoms with E-state index in [1.165, 1.54) is 19.4 Å². The Hall–Kier alpha value is -1.95. The smallest absolute Gasteiger partial charge is 0.272 e. The maximum Gasteiger partial charge on any atom is 0.272 e. The van der Waals surface area contributed by atoms with E-state index in [2.05, 4.69) is 28.7 Å². The molecule has 6 heteroatoms. The molecule has 6 nitrogen and oxygen atoms in total. The van der Waals surface area contributed by atoms with Gasteiger partial charge in [0, 0.05) is 44.6 Å². The van der Waals surface area contributed by atoms with Gasteiger partial charge in [-0.1, -0.05) is 13.8 Å². The van der Waals surface area contributed by atoms with Crippen molar-refractivity contribution in [1.82, 2.24) is 24.2 Å². The van der Waals surface area contributed by atoms with Crippen molar-refractivity contribution in [2.75, 3.05) is 26.2 Å². The molecule has 0 bridgehead atoms. The van der Waals surface area contributed by atoms with E-state index in [1.807, 2.05) is 28.5 Å². The molecule has 2 aromatic heterocycles. The van der Waals surface area contributed by atoms with Crippen LogP contribution in [0.4, 0.5) is 0 Å². The van der Waals surface area contributed by atoms with Gasteiger partial charge in [0.25, 0.3) is 5.91 Å². The number of aromatic nitrogens is 3. The first-order valence-corrected chi connectivity index (χ1v) is 9.87. The van der Waals surface area contributed by atoms with Crippen molar-refractivity contribution in [3.05, 3.63) is 29.8 Å². The molecule has 1 aliphatic heterocycles. The van der Waals surface area contributed by atoms with Crippen molar-refractivity contribution in [2.24, 2.45) is 11.8 Å². The largest absolute Gasteiger partial charge is 0.336 e. The summed E-state index contributed by atoms with van der Waals surface area (Å²) in [6, 6.07) is 2.28. The van der Waals surface area contributed by atoms with Crippen LogP contribution in [-0.2, 0) is 0 Å². The summed E-state index contributed by atoms with van der Waals surface area (Å²) in [5.74, 6) is 2.10. The zero-order valence-corrected chi connectivity index (χ0v) is 16.1. The number of carbonyl (C=O) groups is 1. The number of fused-ring (bicyclic) bond motifs is 1. The van der Waals surface area contributed by atoms with Crippen LogP contribution in [0.3, 0.4) is 0 Å². The minimum absolute atomic E-state index is 0.0851. The van der Waals surface area contributed by atoms with Crippen LogP contribution in [0.1, 0.15) is 49.3 Å². The zero-order valence-electron chi connectivity index (χ0n) is 16.1. The number of hydrogen-bond donors (Lipinski definition) is 0. The summed E-state index contributed by atoms with van der Waals surface area (Å²) in [6.07, 6.45) is 7.38. The fourth-order valence-electron chi connectivity index (χ4n) is 4.14. The van der Waals surface area contributed by atoms with E-state index < -0.39 is 0 Å². The third kappa shape index (κ3) is 3.34. The van der Waals surface area contributed by atoms with Crippen molar-refractivity contribution in [1.29, 1.82) is 0 Å². The number of hydrogen-bond acceptors (Lipinski definition) is 4. The molecular formula is C20H29N5O. The lowest BCUT2D eigenvalue weighted by Crippen LogP contribution is -2.46. The predicted octanol–water partition coefficient (Wildman–Crippen LogP) is 2.62. The van der Waals surface area contributed by atoms with Gasteiger partial charge in [0.15, 0.2) is 0 Å². The molecule has 1 saturated heterocycles. The van der Waals surface area contributed by atoms with E-state index in [0.29, 0.717) is 23.4 Å². The first-order chi connectivity index (χ1) is 12.5. The number of aryl methyl sites for hydroxylation is 1. The Morgan fingerprint density at radius 3 is 2.85 bits per heavy atom. The van der Waals surface area contributed by atoms with Crippen LogP contribution in [-0.4, -0.2) is 62.3 Å². The monoisotopic (exact) mass is 355 g/mol. The van der Waals surface area contributed by atoms with E-state index in [0.717, 1.165) is 37.7 Å². The lowest BCUT2D eigenvalue weighted by atomic mass is 10.0. The van der Waals surface area contributed by atoms with E-state index in [1.54, 1.807) is 6.20 Å². The fourth-order valence-corrected chi connectivity index (χ4v) is 4.14. The molecular weight excluding hydrogens is 326 g/mol. The van der Waals surface area contributed by atoms with Crippen molar-refractivity contribution in [3.63, 3.8) is 0 Å². The summed E-state index contributed by atoms with van der Waals surface area (Å²) in [7, 11) is 0. The summed E-state index contributed by atoms with van der Waals surface area (Å²) in [4.78, 5) is 26.8. The first kappa shape index (κ1) is 17.5. The highest BCUT2D eigenvalue weighted by molar-refractivity contribution is 5.94. The molecule has 3 heterocycles. The molecule has 0 N–H and O–H groups in total. The van der Waals surface area contributed by atoms with Crippen LogP contribution in [0.2, 0.25) is 0 Å². The molecule has 140 valence electrons. The van der Waals surface area contributed by atoms with Crippen LogP contribution in [0.5, 0.6) is 0 Å². The minimum atomic E-state index is 0.0851. The Bertz CT molecular complexity index is 795. The Morgan fingerprint density at radius 2 is 2.12 bits per heavy atom. The predicted molar refractivity (Wildman–Crippen MR) is 101 cm³/mol. The normalized spacial score (nSPS) is 22.2. The Labute approximate surface area is 155 Å². The van der Waals surface area contributed by atoms with Gasteiger partial charge >= 0.3 is 0 Å². The average molecular weight is 355 g/mol. The Kier molecular flexibility index (Phi) is 4.69. The minimum Gasteiger partial charge on any atom is -0.336 e. The number of imidazole rings is 1. The molecule has 0 radical (unpaired) electrons. The van der Waals surface area contributed by atoms with Gasteiger partial charge in [-0.05, 0) is 44.1 Å². The molecule has 2 fully saturated rings. The molecule has 4 rings (SSSR count). The third-order valence-corrected chi connectivity index (χ3v) is 5.78. The van der Waals surface area contributed by atoms with E-state index in [9.17, 15) is 4.79 Å². The van der Waals surface area contributed by atoms with Gasteiger partial charge in [0.05, 0.1) is 5.69 Å².